The van der Waals surface area contributed by atoms with Gasteiger partial charge in [0.1, 0.15) is 6.17 Å². The molecule has 6 rings (SSSR count). The number of hydrogen-bond donors (Lipinski definition) is 1. The molecule has 7 heteroatoms. The molecule has 3 aliphatic heterocycles. The minimum atomic E-state index is -0.272. The molecule has 2 aromatic rings. The van der Waals surface area contributed by atoms with Crippen LogP contribution < -0.4 is 15.1 Å². The molecule has 4 aliphatic rings. The molecule has 178 valence electrons. The lowest BCUT2D eigenvalue weighted by Crippen LogP contribution is -2.51. The molecule has 0 bridgehead atoms. The first-order valence-corrected chi connectivity index (χ1v) is 12.7. The number of hydrazine groups is 1. The standard InChI is InChI=1S/C27H33N5O2/c1-29-27(34)31(25(22-14-15-28-18-22)32(29)26(33)21-4-5-21)24-12-8-20(9-13-24)19-6-10-23(11-7-19)30-16-2-3-17-30/h6-13,21-22,25,28H,2-5,14-18H2,1H3. The van der Waals surface area contributed by atoms with E-state index in [9.17, 15) is 9.59 Å². The molecular weight excluding hydrogens is 426 g/mol. The number of benzene rings is 2. The largest absolute Gasteiger partial charge is 0.372 e. The highest BCUT2D eigenvalue weighted by atomic mass is 16.2. The highest BCUT2D eigenvalue weighted by molar-refractivity contribution is 5.98. The zero-order valence-electron chi connectivity index (χ0n) is 19.8. The number of rotatable bonds is 5. The lowest BCUT2D eigenvalue weighted by atomic mass is 10.0. The Morgan fingerprint density at radius 3 is 2.06 bits per heavy atom. The van der Waals surface area contributed by atoms with Gasteiger partial charge in [-0.15, -0.1) is 0 Å². The lowest BCUT2D eigenvalue weighted by molar-refractivity contribution is -0.146. The van der Waals surface area contributed by atoms with Crippen LogP contribution in [0.3, 0.4) is 0 Å². The van der Waals surface area contributed by atoms with Gasteiger partial charge in [0, 0.05) is 49.9 Å². The van der Waals surface area contributed by atoms with Gasteiger partial charge in [-0.1, -0.05) is 24.3 Å². The Morgan fingerprint density at radius 1 is 0.882 bits per heavy atom. The SMILES string of the molecule is CN1C(=O)N(c2ccc(-c3ccc(N4CCCC4)cc3)cc2)C(C2CCNC2)N1C(=O)C1CC1. The van der Waals surface area contributed by atoms with Gasteiger partial charge >= 0.3 is 6.03 Å². The fourth-order valence-electron chi connectivity index (χ4n) is 5.70. The Kier molecular flexibility index (Phi) is 5.44. The molecular formula is C27H33N5O2. The summed E-state index contributed by atoms with van der Waals surface area (Å²) in [5, 5.41) is 6.69. The van der Waals surface area contributed by atoms with Crippen molar-refractivity contribution in [2.45, 2.75) is 38.3 Å². The molecule has 0 radical (unpaired) electrons. The monoisotopic (exact) mass is 459 g/mol. The van der Waals surface area contributed by atoms with Crippen LogP contribution in [0.5, 0.6) is 0 Å². The quantitative estimate of drug-likeness (QED) is 0.737. The van der Waals surface area contributed by atoms with Crippen LogP contribution >= 0.6 is 0 Å². The summed E-state index contributed by atoms with van der Waals surface area (Å²) in [4.78, 5) is 30.8. The molecule has 2 atom stereocenters. The van der Waals surface area contributed by atoms with Gasteiger partial charge in [0.2, 0.25) is 5.91 Å². The van der Waals surface area contributed by atoms with E-state index < -0.39 is 0 Å². The van der Waals surface area contributed by atoms with Crippen molar-refractivity contribution in [2.75, 3.05) is 43.0 Å². The lowest BCUT2D eigenvalue weighted by Gasteiger charge is -2.34. The van der Waals surface area contributed by atoms with Gasteiger partial charge in [0.25, 0.3) is 0 Å². The third kappa shape index (κ3) is 3.72. The van der Waals surface area contributed by atoms with Gasteiger partial charge < -0.3 is 10.2 Å². The van der Waals surface area contributed by atoms with E-state index in [2.05, 4.69) is 46.6 Å². The van der Waals surface area contributed by atoms with E-state index >= 15 is 0 Å². The summed E-state index contributed by atoms with van der Waals surface area (Å²) in [6.07, 6.45) is 5.09. The maximum Gasteiger partial charge on any atom is 0.344 e. The summed E-state index contributed by atoms with van der Waals surface area (Å²) < 4.78 is 0. The zero-order valence-corrected chi connectivity index (χ0v) is 19.8. The van der Waals surface area contributed by atoms with Crippen LogP contribution in [0.25, 0.3) is 11.1 Å². The Morgan fingerprint density at radius 2 is 1.50 bits per heavy atom. The van der Waals surface area contributed by atoms with E-state index in [4.69, 9.17) is 0 Å². The summed E-state index contributed by atoms with van der Waals surface area (Å²) in [5.74, 6) is 0.373. The van der Waals surface area contributed by atoms with Crippen LogP contribution in [0, 0.1) is 11.8 Å². The first-order valence-electron chi connectivity index (χ1n) is 12.7. The highest BCUT2D eigenvalue weighted by Gasteiger charge is 2.52. The van der Waals surface area contributed by atoms with Gasteiger partial charge in [0.05, 0.1) is 0 Å². The van der Waals surface area contributed by atoms with Gasteiger partial charge in [-0.25, -0.2) is 14.8 Å². The van der Waals surface area contributed by atoms with E-state index in [1.807, 2.05) is 17.0 Å². The van der Waals surface area contributed by atoms with Crippen molar-refractivity contribution < 1.29 is 9.59 Å². The van der Waals surface area contributed by atoms with Crippen molar-refractivity contribution in [2.24, 2.45) is 11.8 Å². The van der Waals surface area contributed by atoms with Gasteiger partial charge in [0.15, 0.2) is 0 Å². The average Bonchev–Trinajstić information content (AvgIpc) is 3.23. The molecule has 2 unspecified atom stereocenters. The molecule has 1 saturated carbocycles. The van der Waals surface area contributed by atoms with E-state index in [1.54, 1.807) is 12.1 Å². The van der Waals surface area contributed by atoms with Crippen LogP contribution in [0.4, 0.5) is 16.2 Å². The first-order chi connectivity index (χ1) is 16.6. The fraction of sp³-hybridized carbons (Fsp3) is 0.481. The Hall–Kier alpha value is -3.06. The maximum atomic E-state index is 13.4. The third-order valence-electron chi connectivity index (χ3n) is 7.81. The number of hydrogen-bond acceptors (Lipinski definition) is 4. The number of anilines is 2. The molecule has 1 aliphatic carbocycles. The zero-order chi connectivity index (χ0) is 23.2. The molecule has 2 aromatic carbocycles. The minimum absolute atomic E-state index is 0.0676. The summed E-state index contributed by atoms with van der Waals surface area (Å²) >= 11 is 0. The van der Waals surface area contributed by atoms with E-state index in [0.717, 1.165) is 56.7 Å². The number of carbonyl (C=O) groups excluding carboxylic acids is 2. The second-order valence-corrected chi connectivity index (χ2v) is 10.1. The van der Waals surface area contributed by atoms with Crippen LogP contribution in [-0.2, 0) is 4.79 Å². The predicted octanol–water partition coefficient (Wildman–Crippen LogP) is 3.91. The van der Waals surface area contributed by atoms with Crippen LogP contribution in [-0.4, -0.2) is 61.3 Å². The molecule has 1 N–H and O–H groups in total. The number of nitrogens with one attached hydrogen (secondary N) is 1. The topological polar surface area (TPSA) is 59.1 Å². The highest BCUT2D eigenvalue weighted by Crippen LogP contribution is 2.39. The molecule has 3 saturated heterocycles. The van der Waals surface area contributed by atoms with Crippen molar-refractivity contribution in [1.29, 1.82) is 0 Å². The molecule has 3 heterocycles. The molecule has 3 amide bonds. The maximum absolute atomic E-state index is 13.4. The molecule has 0 aromatic heterocycles. The number of amides is 3. The van der Waals surface area contributed by atoms with Crippen molar-refractivity contribution in [3.05, 3.63) is 48.5 Å². The average molecular weight is 460 g/mol. The van der Waals surface area contributed by atoms with Crippen molar-refractivity contribution >= 4 is 23.3 Å². The van der Waals surface area contributed by atoms with E-state index in [0.29, 0.717) is 0 Å². The van der Waals surface area contributed by atoms with Crippen LogP contribution in [0.15, 0.2) is 48.5 Å². The summed E-state index contributed by atoms with van der Waals surface area (Å²) in [7, 11) is 1.73. The number of urea groups is 1. The van der Waals surface area contributed by atoms with Gasteiger partial charge in [-0.2, -0.15) is 0 Å². The molecule has 34 heavy (non-hydrogen) atoms. The second-order valence-electron chi connectivity index (χ2n) is 10.1. The van der Waals surface area contributed by atoms with Crippen molar-refractivity contribution in [1.82, 2.24) is 15.3 Å². The first kappa shape index (κ1) is 21.5. The van der Waals surface area contributed by atoms with Gasteiger partial charge in [-0.05, 0) is 74.0 Å². The number of carbonyl (C=O) groups is 2. The van der Waals surface area contributed by atoms with Crippen molar-refractivity contribution in [3.8, 4) is 11.1 Å². The summed E-state index contributed by atoms with van der Waals surface area (Å²) in [5.41, 5.74) is 4.43. The van der Waals surface area contributed by atoms with Crippen LogP contribution in [0.2, 0.25) is 0 Å². The molecule has 7 nitrogen and oxygen atoms in total. The summed E-state index contributed by atoms with van der Waals surface area (Å²) in [6, 6.07) is 16.9. The van der Waals surface area contributed by atoms with Gasteiger partial charge in [-0.3, -0.25) is 9.69 Å². The molecule has 0 spiro atoms. The van der Waals surface area contributed by atoms with Crippen molar-refractivity contribution in [3.63, 3.8) is 0 Å². The van der Waals surface area contributed by atoms with E-state index in [1.165, 1.54) is 29.1 Å². The Labute approximate surface area is 201 Å². The minimum Gasteiger partial charge on any atom is -0.372 e. The third-order valence-corrected chi connectivity index (χ3v) is 7.81. The smallest absolute Gasteiger partial charge is 0.344 e. The second kappa shape index (κ2) is 8.62. The number of nitrogens with zero attached hydrogens (tertiary/aromatic N) is 4. The summed E-state index contributed by atoms with van der Waals surface area (Å²) in [6.45, 7) is 4.03. The Balaban J connectivity index is 1.27. The van der Waals surface area contributed by atoms with Crippen LogP contribution in [0.1, 0.15) is 32.1 Å². The van der Waals surface area contributed by atoms with E-state index in [-0.39, 0.29) is 29.9 Å². The molecule has 4 fully saturated rings. The normalized spacial score (nSPS) is 25.0. The fourth-order valence-corrected chi connectivity index (χ4v) is 5.70. The Bertz CT molecular complexity index is 1050. The predicted molar refractivity (Wildman–Crippen MR) is 133 cm³/mol.